The van der Waals surface area contributed by atoms with Crippen molar-refractivity contribution in [1.82, 2.24) is 0 Å². The molecule has 68 valence electrons. The van der Waals surface area contributed by atoms with Gasteiger partial charge in [0.25, 0.3) is 0 Å². The molecule has 0 unspecified atom stereocenters. The van der Waals surface area contributed by atoms with Gasteiger partial charge in [-0.3, -0.25) is 8.78 Å². The summed E-state index contributed by atoms with van der Waals surface area (Å²) in [6.45, 7) is 0. The van der Waals surface area contributed by atoms with Gasteiger partial charge in [0.05, 0.1) is 11.6 Å². The average Bonchev–Trinajstić information content (AvgIpc) is 1.97. The molecule has 0 aliphatic carbocycles. The van der Waals surface area contributed by atoms with E-state index in [4.69, 9.17) is 0 Å². The van der Waals surface area contributed by atoms with Gasteiger partial charge in [-0.1, -0.05) is 22.6 Å². The second kappa shape index (κ2) is 6.61. The summed E-state index contributed by atoms with van der Waals surface area (Å²) >= 11 is 1.17. The van der Waals surface area contributed by atoms with Crippen LogP contribution in [0, 0.1) is 32.9 Å². The summed E-state index contributed by atoms with van der Waals surface area (Å²) in [5, 5.41) is 0. The van der Waals surface area contributed by atoms with Crippen LogP contribution in [-0.2, 0) is 0 Å². The molecule has 0 radical (unpaired) electrons. The average molecular weight is 426 g/mol. The van der Waals surface area contributed by atoms with Crippen molar-refractivity contribution in [2.75, 3.05) is 0 Å². The Kier molecular flexibility index (Phi) is 8.44. The van der Waals surface area contributed by atoms with Crippen molar-refractivity contribution < 1.29 is 41.5 Å². The van der Waals surface area contributed by atoms with Crippen molar-refractivity contribution in [2.24, 2.45) is 0 Å². The number of rotatable bonds is 0. The largest absolute Gasteiger partial charge is 2.00 e. The quantitative estimate of drug-likeness (QED) is 0.128. The molecule has 0 nitrogen and oxygen atoms in total. The SMILES string of the molecule is Fc1[c-]c(F)c(F)c(I)c1F.[I-].[Mg+2]. The van der Waals surface area contributed by atoms with E-state index in [2.05, 4.69) is 0 Å². The molecule has 0 fully saturated rings. The van der Waals surface area contributed by atoms with Gasteiger partial charge in [0.2, 0.25) is 0 Å². The summed E-state index contributed by atoms with van der Waals surface area (Å²) < 4.78 is 48.4. The van der Waals surface area contributed by atoms with E-state index >= 15 is 0 Å². The number of hydrogen-bond acceptors (Lipinski definition) is 0. The third-order valence-corrected chi connectivity index (χ3v) is 1.94. The van der Waals surface area contributed by atoms with Gasteiger partial charge < -0.3 is 24.0 Å². The van der Waals surface area contributed by atoms with E-state index in [0.717, 1.165) is 0 Å². The number of benzene rings is 1. The molecule has 0 saturated carbocycles. The number of halogens is 6. The van der Waals surface area contributed by atoms with Gasteiger partial charge in [0, 0.05) is 11.6 Å². The topological polar surface area (TPSA) is 0 Å². The van der Waals surface area contributed by atoms with Crippen molar-refractivity contribution in [2.45, 2.75) is 0 Å². The van der Waals surface area contributed by atoms with Crippen LogP contribution >= 0.6 is 22.6 Å². The standard InChI is InChI=1S/C6F4I.HI.Mg/c7-2-1-3(8)5(10)6(11)4(2)9;;/h;1H;/q-1;;+2/p-1. The molecule has 0 heterocycles. The fourth-order valence-corrected chi connectivity index (χ4v) is 0.969. The van der Waals surface area contributed by atoms with Crippen LogP contribution in [0.15, 0.2) is 0 Å². The molecule has 0 aromatic heterocycles. The van der Waals surface area contributed by atoms with Crippen LogP contribution < -0.4 is 24.0 Å². The first-order valence-corrected chi connectivity index (χ1v) is 3.52. The zero-order valence-electron chi connectivity index (χ0n) is 5.97. The minimum Gasteiger partial charge on any atom is -1.00 e. The van der Waals surface area contributed by atoms with Crippen LogP contribution in [0.25, 0.3) is 0 Å². The molecule has 0 aliphatic heterocycles. The molecule has 1 rings (SSSR count). The van der Waals surface area contributed by atoms with E-state index in [1.165, 1.54) is 28.7 Å². The van der Waals surface area contributed by atoms with Gasteiger partial charge in [-0.25, -0.2) is 8.78 Å². The Morgan fingerprint density at radius 3 is 1.54 bits per heavy atom. The summed E-state index contributed by atoms with van der Waals surface area (Å²) in [7, 11) is 0. The van der Waals surface area contributed by atoms with Crippen molar-refractivity contribution in [3.8, 4) is 0 Å². The van der Waals surface area contributed by atoms with E-state index < -0.39 is 26.8 Å². The van der Waals surface area contributed by atoms with E-state index in [9.17, 15) is 17.6 Å². The van der Waals surface area contributed by atoms with Gasteiger partial charge in [-0.05, 0) is 3.57 Å². The minimum absolute atomic E-state index is 0. The molecule has 0 aliphatic rings. The predicted molar refractivity (Wildman–Crippen MR) is 43.6 cm³/mol. The normalized spacial score (nSPS) is 8.69. The second-order valence-corrected chi connectivity index (χ2v) is 2.77. The van der Waals surface area contributed by atoms with Crippen LogP contribution in [0.1, 0.15) is 0 Å². The van der Waals surface area contributed by atoms with Crippen LogP contribution in [-0.4, -0.2) is 23.1 Å². The molecule has 7 heteroatoms. The third-order valence-electron chi connectivity index (χ3n) is 0.990. The van der Waals surface area contributed by atoms with Crippen LogP contribution in [0.4, 0.5) is 17.6 Å². The van der Waals surface area contributed by atoms with Crippen molar-refractivity contribution in [3.05, 3.63) is 32.9 Å². The molecule has 13 heavy (non-hydrogen) atoms. The molecule has 0 spiro atoms. The van der Waals surface area contributed by atoms with Crippen LogP contribution in [0.2, 0.25) is 0 Å². The first kappa shape index (κ1) is 16.6. The van der Waals surface area contributed by atoms with Gasteiger partial charge in [0.1, 0.15) is 0 Å². The van der Waals surface area contributed by atoms with Crippen molar-refractivity contribution in [3.63, 3.8) is 0 Å². The van der Waals surface area contributed by atoms with E-state index in [1.54, 1.807) is 0 Å². The van der Waals surface area contributed by atoms with Gasteiger partial charge in [0.15, 0.2) is 0 Å². The molecule has 0 saturated heterocycles. The zero-order valence-corrected chi connectivity index (χ0v) is 11.7. The molecule has 1 aromatic carbocycles. The Labute approximate surface area is 119 Å². The summed E-state index contributed by atoms with van der Waals surface area (Å²) in [6.07, 6.45) is 0. The second-order valence-electron chi connectivity index (χ2n) is 1.69. The van der Waals surface area contributed by atoms with E-state index in [0.29, 0.717) is 0 Å². The molecular formula is C6F4I2Mg. The third kappa shape index (κ3) is 3.66. The first-order valence-electron chi connectivity index (χ1n) is 2.44. The molecule has 1 aromatic rings. The summed E-state index contributed by atoms with van der Waals surface area (Å²) in [4.78, 5) is 0. The molecule has 0 bridgehead atoms. The predicted octanol–water partition coefficient (Wildman–Crippen LogP) is -0.729. The maximum Gasteiger partial charge on any atom is 2.00 e. The fraction of sp³-hybridized carbons (Fsp3) is 0. The Morgan fingerprint density at radius 1 is 0.923 bits per heavy atom. The number of hydrogen-bond donors (Lipinski definition) is 0. The Balaban J connectivity index is 0. The summed E-state index contributed by atoms with van der Waals surface area (Å²) in [6, 6.07) is 1.26. The maximum atomic E-state index is 12.4. The van der Waals surface area contributed by atoms with Crippen LogP contribution in [0.3, 0.4) is 0 Å². The molecule has 0 amide bonds. The Hall–Kier alpha value is 1.17. The Morgan fingerprint density at radius 2 is 1.23 bits per heavy atom. The monoisotopic (exact) mass is 426 g/mol. The van der Waals surface area contributed by atoms with E-state index in [-0.39, 0.29) is 47.0 Å². The van der Waals surface area contributed by atoms with Gasteiger partial charge in [-0.2, -0.15) is 0 Å². The summed E-state index contributed by atoms with van der Waals surface area (Å²) in [5.41, 5.74) is 0. The minimum atomic E-state index is -1.51. The molecular weight excluding hydrogens is 426 g/mol. The smallest absolute Gasteiger partial charge is 1.00 e. The first-order chi connectivity index (χ1) is 5.04. The van der Waals surface area contributed by atoms with Crippen LogP contribution in [0.5, 0.6) is 0 Å². The Bertz CT molecular complexity index is 279. The fourth-order valence-electron chi connectivity index (χ4n) is 0.495. The molecule has 0 N–H and O–H groups in total. The zero-order chi connectivity index (χ0) is 8.59. The van der Waals surface area contributed by atoms with Crippen molar-refractivity contribution in [1.29, 1.82) is 0 Å². The van der Waals surface area contributed by atoms with Crippen molar-refractivity contribution >= 4 is 45.6 Å². The maximum absolute atomic E-state index is 12.4. The van der Waals surface area contributed by atoms with Gasteiger partial charge in [-0.15, -0.1) is 6.07 Å². The van der Waals surface area contributed by atoms with E-state index in [1.807, 2.05) is 0 Å². The summed E-state index contributed by atoms with van der Waals surface area (Å²) in [5.74, 6) is -5.84. The van der Waals surface area contributed by atoms with Gasteiger partial charge >= 0.3 is 23.1 Å². The molecule has 0 atom stereocenters.